The summed E-state index contributed by atoms with van der Waals surface area (Å²) < 4.78 is 1.87. The molecule has 0 saturated heterocycles. The number of aromatic nitrogens is 2. The van der Waals surface area contributed by atoms with Gasteiger partial charge in [-0.15, -0.1) is 0 Å². The van der Waals surface area contributed by atoms with Crippen molar-refractivity contribution < 1.29 is 9.90 Å². The van der Waals surface area contributed by atoms with Gasteiger partial charge in [0.25, 0.3) is 0 Å². The molecule has 2 fully saturated rings. The first kappa shape index (κ1) is 17.7. The molecular formula is C24H28N2O2. The van der Waals surface area contributed by atoms with Gasteiger partial charge in [0.15, 0.2) is 5.78 Å². The van der Waals surface area contributed by atoms with Crippen molar-refractivity contribution in [1.82, 2.24) is 9.78 Å². The molecule has 4 heteroatoms. The van der Waals surface area contributed by atoms with Gasteiger partial charge in [0, 0.05) is 23.7 Å². The number of aryl methyl sites for hydroxylation is 2. The van der Waals surface area contributed by atoms with Crippen LogP contribution in [-0.4, -0.2) is 20.7 Å². The number of ketones is 1. The number of phenols is 1. The fraction of sp³-hybridized carbons (Fsp3) is 0.500. The van der Waals surface area contributed by atoms with Crippen molar-refractivity contribution in [3.63, 3.8) is 0 Å². The van der Waals surface area contributed by atoms with Crippen LogP contribution in [0.1, 0.15) is 60.9 Å². The minimum atomic E-state index is -0.225. The van der Waals surface area contributed by atoms with Gasteiger partial charge in [0.2, 0.25) is 0 Å². The van der Waals surface area contributed by atoms with E-state index in [1.807, 2.05) is 30.1 Å². The molecule has 0 radical (unpaired) electrons. The third-order valence-corrected chi connectivity index (χ3v) is 7.95. The second-order valence-electron chi connectivity index (χ2n) is 9.27. The summed E-state index contributed by atoms with van der Waals surface area (Å²) in [6.45, 7) is 4.26. The van der Waals surface area contributed by atoms with E-state index in [1.165, 1.54) is 11.1 Å². The number of rotatable bonds is 1. The average molecular weight is 377 g/mol. The minimum absolute atomic E-state index is 0.225. The second-order valence-corrected chi connectivity index (χ2v) is 9.27. The maximum atomic E-state index is 13.4. The summed E-state index contributed by atoms with van der Waals surface area (Å²) in [7, 11) is 1.94. The number of carbonyl (C=O) groups is 1. The Hall–Kier alpha value is -2.36. The van der Waals surface area contributed by atoms with Gasteiger partial charge >= 0.3 is 0 Å². The molecule has 0 amide bonds. The van der Waals surface area contributed by atoms with Crippen LogP contribution in [0.4, 0.5) is 0 Å². The van der Waals surface area contributed by atoms with Gasteiger partial charge in [-0.25, -0.2) is 0 Å². The first-order valence-corrected chi connectivity index (χ1v) is 10.4. The average Bonchev–Trinajstić information content (AvgIpc) is 3.13. The third-order valence-electron chi connectivity index (χ3n) is 7.95. The highest BCUT2D eigenvalue weighted by Gasteiger charge is 2.56. The number of Topliss-reactive ketones (excluding diaryl/α,β-unsaturated/α-hetero) is 1. The normalized spacial score (nSPS) is 32.9. The van der Waals surface area contributed by atoms with Gasteiger partial charge in [-0.2, -0.15) is 5.10 Å². The molecule has 3 aliphatic rings. The van der Waals surface area contributed by atoms with E-state index in [-0.39, 0.29) is 5.41 Å². The van der Waals surface area contributed by atoms with Crippen LogP contribution in [0.25, 0.3) is 6.08 Å². The lowest BCUT2D eigenvalue weighted by atomic mass is 9.55. The number of hydrogen-bond acceptors (Lipinski definition) is 3. The van der Waals surface area contributed by atoms with Crippen molar-refractivity contribution in [3.05, 3.63) is 52.4 Å². The van der Waals surface area contributed by atoms with Crippen LogP contribution < -0.4 is 0 Å². The highest BCUT2D eigenvalue weighted by molar-refractivity contribution is 6.06. The Morgan fingerprint density at radius 1 is 1.32 bits per heavy atom. The molecule has 0 unspecified atom stereocenters. The first-order chi connectivity index (χ1) is 13.4. The van der Waals surface area contributed by atoms with Gasteiger partial charge in [-0.05, 0) is 91.7 Å². The minimum Gasteiger partial charge on any atom is -0.508 e. The Bertz CT molecular complexity index is 1000. The summed E-state index contributed by atoms with van der Waals surface area (Å²) in [5.41, 5.74) is 5.64. The second kappa shape index (κ2) is 6.07. The number of aromatic hydroxyl groups is 1. The molecule has 3 aliphatic carbocycles. The summed E-state index contributed by atoms with van der Waals surface area (Å²) in [6, 6.07) is 5.89. The molecule has 4 atom stereocenters. The van der Waals surface area contributed by atoms with Crippen LogP contribution in [0, 0.1) is 24.2 Å². The van der Waals surface area contributed by atoms with Gasteiger partial charge in [-0.3, -0.25) is 9.48 Å². The van der Waals surface area contributed by atoms with Gasteiger partial charge in [0.1, 0.15) is 5.75 Å². The van der Waals surface area contributed by atoms with E-state index < -0.39 is 0 Å². The largest absolute Gasteiger partial charge is 0.508 e. The summed E-state index contributed by atoms with van der Waals surface area (Å²) in [5, 5.41) is 14.2. The predicted molar refractivity (Wildman–Crippen MR) is 109 cm³/mol. The van der Waals surface area contributed by atoms with Gasteiger partial charge in [-0.1, -0.05) is 13.0 Å². The Kier molecular flexibility index (Phi) is 3.84. The molecule has 5 rings (SSSR count). The quantitative estimate of drug-likeness (QED) is 0.743. The summed E-state index contributed by atoms with van der Waals surface area (Å²) >= 11 is 0. The number of hydrogen-bond donors (Lipinski definition) is 1. The van der Waals surface area contributed by atoms with Crippen molar-refractivity contribution in [2.24, 2.45) is 24.3 Å². The topological polar surface area (TPSA) is 55.1 Å². The van der Waals surface area contributed by atoms with E-state index in [0.717, 1.165) is 48.9 Å². The highest BCUT2D eigenvalue weighted by atomic mass is 16.3. The standard InChI is InChI=1S/C24H28N2O2/c1-14-17(13-25-26(14)3)10-16-12-22-21-6-4-15-11-18(27)5-7-19(15)20(21)8-9-24(22,2)23(16)28/h5,7,10-11,13,20-22,27H,4,6,8-9,12H2,1-3H3/b16-10-/t20-,21-,22-,24-/m0/s1. The predicted octanol–water partition coefficient (Wildman–Crippen LogP) is 4.55. The first-order valence-electron chi connectivity index (χ1n) is 10.4. The molecule has 1 aromatic heterocycles. The molecule has 1 N–H and O–H groups in total. The van der Waals surface area contributed by atoms with E-state index >= 15 is 0 Å². The van der Waals surface area contributed by atoms with Crippen LogP contribution in [-0.2, 0) is 18.3 Å². The SMILES string of the molecule is Cc1c(/C=C2/C[C@H]3[C@H]4CCc5cc(O)ccc5[C@@H]4CC[C@]3(C)C2=O)cnn1C. The smallest absolute Gasteiger partial charge is 0.165 e. The number of phenolic OH excluding ortho intramolecular Hbond substituents is 1. The maximum absolute atomic E-state index is 13.4. The fourth-order valence-corrected chi connectivity index (χ4v) is 6.21. The lowest BCUT2D eigenvalue weighted by molar-refractivity contribution is -0.127. The molecule has 0 bridgehead atoms. The van der Waals surface area contributed by atoms with Crippen LogP contribution in [0.5, 0.6) is 5.75 Å². The number of nitrogens with zero attached hydrogens (tertiary/aromatic N) is 2. The lowest BCUT2D eigenvalue weighted by Gasteiger charge is -2.48. The van der Waals surface area contributed by atoms with Crippen LogP contribution in [0.3, 0.4) is 0 Å². The molecule has 4 nitrogen and oxygen atoms in total. The van der Waals surface area contributed by atoms with Gasteiger partial charge in [0.05, 0.1) is 6.20 Å². The molecule has 146 valence electrons. The van der Waals surface area contributed by atoms with Crippen LogP contribution in [0.2, 0.25) is 0 Å². The molecule has 0 aliphatic heterocycles. The monoisotopic (exact) mass is 376 g/mol. The fourth-order valence-electron chi connectivity index (χ4n) is 6.21. The Morgan fingerprint density at radius 3 is 2.89 bits per heavy atom. The Morgan fingerprint density at radius 2 is 2.14 bits per heavy atom. The van der Waals surface area contributed by atoms with E-state index in [4.69, 9.17) is 0 Å². The van der Waals surface area contributed by atoms with Crippen molar-refractivity contribution in [1.29, 1.82) is 0 Å². The molecule has 1 heterocycles. The van der Waals surface area contributed by atoms with E-state index in [0.29, 0.717) is 29.3 Å². The zero-order valence-corrected chi connectivity index (χ0v) is 16.9. The molecule has 2 aromatic rings. The molecular weight excluding hydrogens is 348 g/mol. The molecule has 2 saturated carbocycles. The van der Waals surface area contributed by atoms with Crippen molar-refractivity contribution >= 4 is 11.9 Å². The van der Waals surface area contributed by atoms with Crippen LogP contribution in [0.15, 0.2) is 30.0 Å². The van der Waals surface area contributed by atoms with E-state index in [1.54, 1.807) is 0 Å². The highest BCUT2D eigenvalue weighted by Crippen LogP contribution is 2.60. The summed E-state index contributed by atoms with van der Waals surface area (Å²) in [4.78, 5) is 13.4. The molecule has 1 aromatic carbocycles. The third kappa shape index (κ3) is 2.43. The number of allylic oxidation sites excluding steroid dienone is 1. The molecule has 28 heavy (non-hydrogen) atoms. The van der Waals surface area contributed by atoms with Crippen LogP contribution >= 0.6 is 0 Å². The van der Waals surface area contributed by atoms with Crippen molar-refractivity contribution in [3.8, 4) is 5.75 Å². The summed E-state index contributed by atoms with van der Waals surface area (Å²) in [5.74, 6) is 2.22. The van der Waals surface area contributed by atoms with E-state index in [9.17, 15) is 9.90 Å². The lowest BCUT2D eigenvalue weighted by Crippen LogP contribution is -2.42. The zero-order valence-electron chi connectivity index (χ0n) is 16.9. The van der Waals surface area contributed by atoms with E-state index in [2.05, 4.69) is 31.1 Å². The molecule has 0 spiro atoms. The number of benzene rings is 1. The van der Waals surface area contributed by atoms with Gasteiger partial charge < -0.3 is 5.11 Å². The Labute approximate surface area is 166 Å². The number of carbonyl (C=O) groups excluding carboxylic acids is 1. The van der Waals surface area contributed by atoms with Crippen molar-refractivity contribution in [2.75, 3.05) is 0 Å². The number of fused-ring (bicyclic) bond motifs is 5. The Balaban J connectivity index is 1.50. The van der Waals surface area contributed by atoms with Crippen molar-refractivity contribution in [2.45, 2.75) is 51.9 Å². The summed E-state index contributed by atoms with van der Waals surface area (Å²) in [6.07, 6.45) is 9.00. The zero-order chi connectivity index (χ0) is 19.6. The maximum Gasteiger partial charge on any atom is 0.165 e.